The second kappa shape index (κ2) is 9.44. The molecule has 0 spiro atoms. The van der Waals surface area contributed by atoms with Gasteiger partial charge in [0.1, 0.15) is 11.9 Å². The zero-order valence-electron chi connectivity index (χ0n) is 17.0. The van der Waals surface area contributed by atoms with Crippen LogP contribution in [0.5, 0.6) is 0 Å². The Hall–Kier alpha value is -2.65. The number of halogens is 1. The van der Waals surface area contributed by atoms with Gasteiger partial charge in [-0.25, -0.2) is 12.8 Å². The van der Waals surface area contributed by atoms with Crippen molar-refractivity contribution in [3.8, 4) is 0 Å². The maximum absolute atomic E-state index is 13.2. The highest BCUT2D eigenvalue weighted by Gasteiger charge is 2.29. The predicted octanol–water partition coefficient (Wildman–Crippen LogP) is 2.13. The van der Waals surface area contributed by atoms with Crippen LogP contribution in [-0.4, -0.2) is 52.9 Å². The predicted molar refractivity (Wildman–Crippen MR) is 115 cm³/mol. The van der Waals surface area contributed by atoms with Crippen LogP contribution in [0.25, 0.3) is 0 Å². The van der Waals surface area contributed by atoms with Crippen molar-refractivity contribution in [3.63, 3.8) is 0 Å². The van der Waals surface area contributed by atoms with E-state index in [4.69, 9.17) is 4.74 Å². The van der Waals surface area contributed by atoms with Gasteiger partial charge in [0.25, 0.3) is 0 Å². The standard InChI is InChI=1S/C21H26FN3O4S/c1-16(25(30(2,27)28)20-9-5-18(22)6-10-20)21(26)23-15-17-3-7-19(8-4-17)24-11-13-29-14-12-24/h3-10,16H,11-15H2,1-2H3,(H,23,26)/t16-/m0/s1. The Balaban J connectivity index is 1.64. The number of carbonyl (C=O) groups excluding carboxylic acids is 1. The summed E-state index contributed by atoms with van der Waals surface area (Å²) in [7, 11) is -3.74. The molecular formula is C21H26FN3O4S. The van der Waals surface area contributed by atoms with E-state index in [-0.39, 0.29) is 12.2 Å². The number of hydrogen-bond acceptors (Lipinski definition) is 5. The number of hydrogen-bond donors (Lipinski definition) is 1. The number of anilines is 2. The summed E-state index contributed by atoms with van der Waals surface area (Å²) < 4.78 is 44.1. The van der Waals surface area contributed by atoms with Crippen LogP contribution in [0.15, 0.2) is 48.5 Å². The Morgan fingerprint density at radius 3 is 2.30 bits per heavy atom. The van der Waals surface area contributed by atoms with Crippen molar-refractivity contribution in [2.45, 2.75) is 19.5 Å². The van der Waals surface area contributed by atoms with Gasteiger partial charge in [-0.05, 0) is 48.9 Å². The van der Waals surface area contributed by atoms with Gasteiger partial charge in [-0.2, -0.15) is 0 Å². The summed E-state index contributed by atoms with van der Waals surface area (Å²) in [4.78, 5) is 14.9. The summed E-state index contributed by atoms with van der Waals surface area (Å²) in [5.74, 6) is -0.924. The minimum Gasteiger partial charge on any atom is -0.378 e. The fourth-order valence-corrected chi connectivity index (χ4v) is 4.55. The molecule has 9 heteroatoms. The molecule has 1 aliphatic rings. The van der Waals surface area contributed by atoms with E-state index in [0.717, 1.165) is 47.0 Å². The molecular weight excluding hydrogens is 409 g/mol. The van der Waals surface area contributed by atoms with Crippen molar-refractivity contribution >= 4 is 27.3 Å². The van der Waals surface area contributed by atoms with E-state index in [1.165, 1.54) is 19.1 Å². The number of nitrogens with one attached hydrogen (secondary N) is 1. The summed E-state index contributed by atoms with van der Waals surface area (Å²) in [6.07, 6.45) is 1.02. The highest BCUT2D eigenvalue weighted by atomic mass is 32.2. The fourth-order valence-electron chi connectivity index (χ4n) is 3.38. The Morgan fingerprint density at radius 1 is 1.13 bits per heavy atom. The van der Waals surface area contributed by atoms with Crippen LogP contribution in [0.4, 0.5) is 15.8 Å². The molecule has 2 aromatic carbocycles. The highest BCUT2D eigenvalue weighted by molar-refractivity contribution is 7.92. The molecule has 0 saturated carbocycles. The fraction of sp³-hybridized carbons (Fsp3) is 0.381. The molecule has 1 fully saturated rings. The van der Waals surface area contributed by atoms with Crippen LogP contribution in [0.2, 0.25) is 0 Å². The summed E-state index contributed by atoms with van der Waals surface area (Å²) in [6, 6.07) is 11.9. The SMILES string of the molecule is C[C@@H](C(=O)NCc1ccc(N2CCOCC2)cc1)N(c1ccc(F)cc1)S(C)(=O)=O. The van der Waals surface area contributed by atoms with E-state index in [1.807, 2.05) is 24.3 Å². The average molecular weight is 436 g/mol. The lowest BCUT2D eigenvalue weighted by molar-refractivity contribution is -0.122. The van der Waals surface area contributed by atoms with Crippen LogP contribution in [0, 0.1) is 5.82 Å². The molecule has 1 atom stereocenters. The molecule has 3 rings (SSSR count). The summed E-state index contributed by atoms with van der Waals surface area (Å²) in [6.45, 7) is 4.88. The molecule has 1 saturated heterocycles. The van der Waals surface area contributed by atoms with Crippen LogP contribution >= 0.6 is 0 Å². The normalized spacial score (nSPS) is 15.5. The van der Waals surface area contributed by atoms with Crippen LogP contribution in [0.1, 0.15) is 12.5 Å². The first kappa shape index (κ1) is 22.0. The monoisotopic (exact) mass is 435 g/mol. The second-order valence-electron chi connectivity index (χ2n) is 7.19. The molecule has 162 valence electrons. The molecule has 7 nitrogen and oxygen atoms in total. The third kappa shape index (κ3) is 5.48. The zero-order chi connectivity index (χ0) is 21.7. The van der Waals surface area contributed by atoms with E-state index >= 15 is 0 Å². The van der Waals surface area contributed by atoms with Gasteiger partial charge in [0, 0.05) is 25.3 Å². The molecule has 0 aliphatic carbocycles. The lowest BCUT2D eigenvalue weighted by Crippen LogP contribution is -2.47. The highest BCUT2D eigenvalue weighted by Crippen LogP contribution is 2.21. The van der Waals surface area contributed by atoms with Crippen molar-refractivity contribution in [2.24, 2.45) is 0 Å². The van der Waals surface area contributed by atoms with E-state index in [2.05, 4.69) is 10.2 Å². The first-order valence-corrected chi connectivity index (χ1v) is 11.5. The summed E-state index contributed by atoms with van der Waals surface area (Å²) >= 11 is 0. The van der Waals surface area contributed by atoms with E-state index in [1.54, 1.807) is 0 Å². The molecule has 0 aromatic heterocycles. The molecule has 30 heavy (non-hydrogen) atoms. The third-order valence-corrected chi connectivity index (χ3v) is 6.19. The lowest BCUT2D eigenvalue weighted by atomic mass is 10.1. The Bertz CT molecular complexity index is 959. The third-order valence-electron chi connectivity index (χ3n) is 4.95. The van der Waals surface area contributed by atoms with E-state index in [0.29, 0.717) is 13.2 Å². The second-order valence-corrected chi connectivity index (χ2v) is 9.05. The topological polar surface area (TPSA) is 79.0 Å². The van der Waals surface area contributed by atoms with Crippen LogP contribution in [0.3, 0.4) is 0 Å². The average Bonchev–Trinajstić information content (AvgIpc) is 2.73. The molecule has 1 amide bonds. The smallest absolute Gasteiger partial charge is 0.243 e. The maximum atomic E-state index is 13.2. The summed E-state index contributed by atoms with van der Waals surface area (Å²) in [5.41, 5.74) is 2.23. The van der Waals surface area contributed by atoms with Crippen molar-refractivity contribution < 1.29 is 22.3 Å². The quantitative estimate of drug-likeness (QED) is 0.721. The first-order valence-electron chi connectivity index (χ1n) is 9.70. The molecule has 0 unspecified atom stereocenters. The van der Waals surface area contributed by atoms with Gasteiger partial charge in [0.05, 0.1) is 25.2 Å². The minimum atomic E-state index is -3.74. The van der Waals surface area contributed by atoms with Gasteiger partial charge in [-0.1, -0.05) is 12.1 Å². The van der Waals surface area contributed by atoms with E-state index in [9.17, 15) is 17.6 Å². The van der Waals surface area contributed by atoms with Crippen molar-refractivity contribution in [1.82, 2.24) is 5.32 Å². The van der Waals surface area contributed by atoms with Gasteiger partial charge in [0.15, 0.2) is 0 Å². The van der Waals surface area contributed by atoms with Crippen molar-refractivity contribution in [3.05, 3.63) is 59.9 Å². The van der Waals surface area contributed by atoms with Gasteiger partial charge < -0.3 is 15.0 Å². The van der Waals surface area contributed by atoms with Crippen LogP contribution in [-0.2, 0) is 26.1 Å². The molecule has 0 radical (unpaired) electrons. The van der Waals surface area contributed by atoms with Gasteiger partial charge >= 0.3 is 0 Å². The zero-order valence-corrected chi connectivity index (χ0v) is 17.9. The number of carbonyl (C=O) groups is 1. The molecule has 2 aromatic rings. The summed E-state index contributed by atoms with van der Waals surface area (Å²) in [5, 5.41) is 2.78. The lowest BCUT2D eigenvalue weighted by Gasteiger charge is -2.29. The van der Waals surface area contributed by atoms with Gasteiger partial charge in [0.2, 0.25) is 15.9 Å². The number of benzene rings is 2. The number of sulfonamides is 1. The largest absolute Gasteiger partial charge is 0.378 e. The number of morpholine rings is 1. The minimum absolute atomic E-state index is 0.233. The van der Waals surface area contributed by atoms with Crippen molar-refractivity contribution in [1.29, 1.82) is 0 Å². The number of amides is 1. The molecule has 1 heterocycles. The van der Waals surface area contributed by atoms with Crippen molar-refractivity contribution in [2.75, 3.05) is 41.8 Å². The molecule has 0 bridgehead atoms. The van der Waals surface area contributed by atoms with Gasteiger partial charge in [-0.3, -0.25) is 9.10 Å². The van der Waals surface area contributed by atoms with Crippen LogP contribution < -0.4 is 14.5 Å². The van der Waals surface area contributed by atoms with E-state index < -0.39 is 27.8 Å². The Morgan fingerprint density at radius 2 is 1.73 bits per heavy atom. The number of ether oxygens (including phenoxy) is 1. The number of rotatable bonds is 7. The van der Waals surface area contributed by atoms with Gasteiger partial charge in [-0.15, -0.1) is 0 Å². The maximum Gasteiger partial charge on any atom is 0.243 e. The Labute approximate surface area is 176 Å². The molecule has 1 N–H and O–H groups in total. The molecule has 1 aliphatic heterocycles. The first-order chi connectivity index (χ1) is 14.3. The number of nitrogens with zero attached hydrogens (tertiary/aromatic N) is 2. The Kier molecular flexibility index (Phi) is 6.94.